The summed E-state index contributed by atoms with van der Waals surface area (Å²) in [6, 6.07) is 12.1. The van der Waals surface area contributed by atoms with Gasteiger partial charge in [0.2, 0.25) is 0 Å². The number of benzene rings is 2. The van der Waals surface area contributed by atoms with Crippen molar-refractivity contribution in [2.24, 2.45) is 5.41 Å². The maximum absolute atomic E-state index is 10.5. The number of nitrogens with zero attached hydrogens (tertiary/aromatic N) is 2. The fourth-order valence-corrected chi connectivity index (χ4v) is 4.50. The minimum Gasteiger partial charge on any atom is -0.494 e. The van der Waals surface area contributed by atoms with Crippen LogP contribution in [0.15, 0.2) is 76.0 Å². The van der Waals surface area contributed by atoms with E-state index < -0.39 is 0 Å². The lowest BCUT2D eigenvalue weighted by Gasteiger charge is -2.18. The van der Waals surface area contributed by atoms with E-state index in [0.29, 0.717) is 18.9 Å². The summed E-state index contributed by atoms with van der Waals surface area (Å²) in [6.45, 7) is 8.85. The van der Waals surface area contributed by atoms with Gasteiger partial charge in [-0.3, -0.25) is 0 Å². The van der Waals surface area contributed by atoms with Crippen molar-refractivity contribution < 1.29 is 14.6 Å². The molecule has 0 unspecified atom stereocenters. The molecule has 200 valence electrons. The smallest absolute Gasteiger partial charge is 0.191 e. The molecule has 1 heterocycles. The highest BCUT2D eigenvalue weighted by Gasteiger charge is 2.21. The van der Waals surface area contributed by atoms with E-state index in [1.54, 1.807) is 25.2 Å². The van der Waals surface area contributed by atoms with E-state index in [1.165, 1.54) is 11.6 Å². The van der Waals surface area contributed by atoms with Crippen molar-refractivity contribution in [3.05, 3.63) is 71.6 Å². The minimum atomic E-state index is -0.343. The second-order valence-electron chi connectivity index (χ2n) is 10.2. The van der Waals surface area contributed by atoms with E-state index in [9.17, 15) is 5.11 Å². The van der Waals surface area contributed by atoms with Crippen LogP contribution in [-0.2, 0) is 4.74 Å². The van der Waals surface area contributed by atoms with Crippen LogP contribution in [0.1, 0.15) is 39.2 Å². The van der Waals surface area contributed by atoms with E-state index in [-0.39, 0.29) is 11.3 Å². The summed E-state index contributed by atoms with van der Waals surface area (Å²) in [4.78, 5) is 10.0. The normalized spacial score (nSPS) is 13.4. The average molecular weight is 534 g/mol. The van der Waals surface area contributed by atoms with E-state index in [4.69, 9.17) is 14.9 Å². The van der Waals surface area contributed by atoms with Crippen molar-refractivity contribution in [2.45, 2.75) is 50.5 Å². The molecule has 3 aromatic rings. The number of hydrogen-bond donors (Lipinski definition) is 4. The van der Waals surface area contributed by atoms with Crippen LogP contribution in [0.25, 0.3) is 10.9 Å². The van der Waals surface area contributed by atoms with Gasteiger partial charge in [-0.2, -0.15) is 0 Å². The summed E-state index contributed by atoms with van der Waals surface area (Å²) in [5, 5.41) is 26.9. The second-order valence-corrected chi connectivity index (χ2v) is 11.3. The van der Waals surface area contributed by atoms with Gasteiger partial charge in [-0.25, -0.2) is 9.97 Å². The van der Waals surface area contributed by atoms with E-state index in [0.717, 1.165) is 56.5 Å². The summed E-state index contributed by atoms with van der Waals surface area (Å²) in [6.07, 6.45) is 4.98. The van der Waals surface area contributed by atoms with Crippen molar-refractivity contribution >= 4 is 34.1 Å². The molecule has 0 saturated heterocycles. The number of allylic oxidation sites excluding steroid dienone is 2. The van der Waals surface area contributed by atoms with E-state index in [1.807, 2.05) is 52.0 Å². The number of fused-ring (bicyclic) bond motifs is 1. The highest BCUT2D eigenvalue weighted by Crippen LogP contribution is 2.36. The van der Waals surface area contributed by atoms with Crippen molar-refractivity contribution in [1.82, 2.24) is 15.3 Å². The van der Waals surface area contributed by atoms with Crippen LogP contribution in [0.5, 0.6) is 5.75 Å². The van der Waals surface area contributed by atoms with Gasteiger partial charge in [-0.05, 0) is 55.2 Å². The molecule has 0 spiro atoms. The fourth-order valence-electron chi connectivity index (χ4n) is 3.57. The summed E-state index contributed by atoms with van der Waals surface area (Å²) < 4.78 is 10.9. The number of aromatic nitrogens is 2. The summed E-state index contributed by atoms with van der Waals surface area (Å²) >= 11 is 1.57. The number of anilines is 1. The lowest BCUT2D eigenvalue weighted by atomic mass is 9.90. The standard InChI is InChI=1S/C29H35N5O3S/c1-18-13-22-23(15-24(18)37-12-11-36-5)31-17-32-28(22)38-21-8-6-7-20(14-21)33-27(19-9-10-19)34-26(35)16-25(30)29(2,3)4/h6-8,13-17,30,33-35H,9-12H2,1-5H3/b26-16-,30-25?. The number of aryl methyl sites for hydroxylation is 1. The Morgan fingerprint density at radius 2 is 1.95 bits per heavy atom. The zero-order valence-corrected chi connectivity index (χ0v) is 23.3. The predicted octanol–water partition coefficient (Wildman–Crippen LogP) is 6.59. The molecule has 0 radical (unpaired) electrons. The summed E-state index contributed by atoms with van der Waals surface area (Å²) in [5.74, 6) is 1.50. The maximum atomic E-state index is 10.5. The van der Waals surface area contributed by atoms with E-state index in [2.05, 4.69) is 32.7 Å². The van der Waals surface area contributed by atoms with Crippen molar-refractivity contribution in [2.75, 3.05) is 25.6 Å². The Hall–Kier alpha value is -3.56. The van der Waals surface area contributed by atoms with Gasteiger partial charge in [0.1, 0.15) is 29.5 Å². The Morgan fingerprint density at radius 1 is 1.16 bits per heavy atom. The zero-order chi connectivity index (χ0) is 27.3. The first-order chi connectivity index (χ1) is 18.1. The number of nitrogens with one attached hydrogen (secondary N) is 3. The van der Waals surface area contributed by atoms with Crippen molar-refractivity contribution in [3.8, 4) is 5.75 Å². The van der Waals surface area contributed by atoms with Gasteiger partial charge in [0, 0.05) is 46.3 Å². The molecule has 0 amide bonds. The molecular weight excluding hydrogens is 498 g/mol. The first-order valence-corrected chi connectivity index (χ1v) is 13.4. The molecule has 2 aromatic carbocycles. The van der Waals surface area contributed by atoms with Crippen LogP contribution in [-0.4, -0.2) is 41.1 Å². The molecule has 1 saturated carbocycles. The first-order valence-electron chi connectivity index (χ1n) is 12.5. The molecule has 1 fully saturated rings. The number of ether oxygens (including phenoxy) is 2. The van der Waals surface area contributed by atoms with Gasteiger partial charge in [-0.15, -0.1) is 0 Å². The first kappa shape index (κ1) is 27.5. The molecule has 1 aliphatic rings. The fraction of sp³-hybridized carbons (Fsp3) is 0.345. The third kappa shape index (κ3) is 7.26. The zero-order valence-electron chi connectivity index (χ0n) is 22.5. The quantitative estimate of drug-likeness (QED) is 0.0945. The third-order valence-corrected chi connectivity index (χ3v) is 6.96. The monoisotopic (exact) mass is 533 g/mol. The van der Waals surface area contributed by atoms with Gasteiger partial charge >= 0.3 is 0 Å². The van der Waals surface area contributed by atoms with Gasteiger partial charge in [0.05, 0.1) is 12.1 Å². The molecule has 1 aromatic heterocycles. The molecule has 38 heavy (non-hydrogen) atoms. The molecule has 4 rings (SSSR count). The lowest BCUT2D eigenvalue weighted by molar-refractivity contribution is 0.146. The van der Waals surface area contributed by atoms with Crippen LogP contribution in [0.2, 0.25) is 0 Å². The Morgan fingerprint density at radius 3 is 2.66 bits per heavy atom. The van der Waals surface area contributed by atoms with Gasteiger partial charge in [-0.1, -0.05) is 38.6 Å². The van der Waals surface area contributed by atoms with Crippen LogP contribution >= 0.6 is 11.8 Å². The molecule has 9 heteroatoms. The molecule has 4 N–H and O–H groups in total. The number of hydrogen-bond acceptors (Lipinski definition) is 9. The number of aliphatic hydroxyl groups excluding tert-OH is 1. The molecule has 1 aliphatic carbocycles. The number of rotatable bonds is 11. The van der Waals surface area contributed by atoms with Gasteiger partial charge in [0.15, 0.2) is 5.88 Å². The van der Waals surface area contributed by atoms with Crippen LogP contribution in [0.3, 0.4) is 0 Å². The third-order valence-electron chi connectivity index (χ3n) is 5.95. The topological polar surface area (TPSA) is 112 Å². The minimum absolute atomic E-state index is 0.0502. The Balaban J connectivity index is 1.51. The second kappa shape index (κ2) is 11.9. The van der Waals surface area contributed by atoms with Gasteiger partial charge in [0.25, 0.3) is 0 Å². The van der Waals surface area contributed by atoms with Crippen LogP contribution in [0.4, 0.5) is 5.69 Å². The van der Waals surface area contributed by atoms with Gasteiger partial charge < -0.3 is 30.6 Å². The highest BCUT2D eigenvalue weighted by molar-refractivity contribution is 7.99. The SMILES string of the molecule is COCCOc1cc2ncnc(Sc3cccc(NC(N/C(O)=C/C(=N)C(C)(C)C)=C4CC4)c3)c2cc1C. The Kier molecular flexibility index (Phi) is 8.58. The molecule has 0 bridgehead atoms. The largest absolute Gasteiger partial charge is 0.494 e. The van der Waals surface area contributed by atoms with Crippen molar-refractivity contribution in [1.29, 1.82) is 5.41 Å². The van der Waals surface area contributed by atoms with E-state index >= 15 is 0 Å². The lowest BCUT2D eigenvalue weighted by Crippen LogP contribution is -2.23. The maximum Gasteiger partial charge on any atom is 0.191 e. The molecule has 0 aliphatic heterocycles. The van der Waals surface area contributed by atoms with Crippen LogP contribution in [0, 0.1) is 17.7 Å². The highest BCUT2D eigenvalue weighted by atomic mass is 32.2. The summed E-state index contributed by atoms with van der Waals surface area (Å²) in [7, 11) is 1.65. The Bertz CT molecular complexity index is 1390. The summed E-state index contributed by atoms with van der Waals surface area (Å²) in [5.41, 5.74) is 3.93. The number of methoxy groups -OCH3 is 1. The predicted molar refractivity (Wildman–Crippen MR) is 153 cm³/mol. The average Bonchev–Trinajstić information content (AvgIpc) is 3.70. The molecule has 8 nitrogen and oxygen atoms in total. The van der Waals surface area contributed by atoms with Crippen molar-refractivity contribution in [3.63, 3.8) is 0 Å². The Labute approximate surface area is 228 Å². The number of aliphatic hydroxyl groups is 1. The molecular formula is C29H35N5O3S. The van der Waals surface area contributed by atoms with Crippen LogP contribution < -0.4 is 15.4 Å². The molecule has 0 atom stereocenters.